The van der Waals surface area contributed by atoms with Gasteiger partial charge in [-0.1, -0.05) is 35.5 Å². The Labute approximate surface area is 129 Å². The number of thiazole rings is 1. The number of anilines is 1. The molecular formula is C13H11ClN2O2S2. The van der Waals surface area contributed by atoms with Crippen LogP contribution in [0.3, 0.4) is 0 Å². The number of rotatable bonds is 4. The Bertz CT molecular complexity index is 626. The summed E-state index contributed by atoms with van der Waals surface area (Å²) in [5.74, 6) is -0.132. The van der Waals surface area contributed by atoms with Crippen LogP contribution >= 0.6 is 34.7 Å². The quantitative estimate of drug-likeness (QED) is 0.931. The minimum absolute atomic E-state index is 0.0823. The maximum atomic E-state index is 11.6. The van der Waals surface area contributed by atoms with Gasteiger partial charge in [0.25, 0.3) is 0 Å². The molecule has 0 spiro atoms. The smallest absolute Gasteiger partial charge is 0.236 e. The van der Waals surface area contributed by atoms with Crippen LogP contribution in [0.15, 0.2) is 29.6 Å². The van der Waals surface area contributed by atoms with E-state index < -0.39 is 0 Å². The molecule has 104 valence electrons. The Morgan fingerprint density at radius 1 is 1.35 bits per heavy atom. The molecule has 1 N–H and O–H groups in total. The van der Waals surface area contributed by atoms with Crippen LogP contribution in [0, 0.1) is 0 Å². The molecule has 1 heterocycles. The zero-order valence-electron chi connectivity index (χ0n) is 10.6. The molecule has 1 aromatic carbocycles. The highest BCUT2D eigenvalue weighted by Gasteiger charge is 2.09. The van der Waals surface area contributed by atoms with Gasteiger partial charge in [-0.15, -0.1) is 11.3 Å². The number of nitrogens with one attached hydrogen (secondary N) is 1. The number of carbonyl (C=O) groups is 2. The number of benzene rings is 1. The maximum Gasteiger partial charge on any atom is 0.236 e. The van der Waals surface area contributed by atoms with Crippen molar-refractivity contribution in [3.05, 3.63) is 34.7 Å². The number of amides is 1. The summed E-state index contributed by atoms with van der Waals surface area (Å²) >= 11 is 8.14. The van der Waals surface area contributed by atoms with Crippen LogP contribution in [0.1, 0.15) is 6.92 Å². The molecule has 0 radical (unpaired) electrons. The molecule has 7 heteroatoms. The van der Waals surface area contributed by atoms with E-state index in [1.54, 1.807) is 12.1 Å². The highest BCUT2D eigenvalue weighted by molar-refractivity contribution is 8.14. The van der Waals surface area contributed by atoms with E-state index >= 15 is 0 Å². The summed E-state index contributed by atoms with van der Waals surface area (Å²) < 4.78 is 0. The number of carbonyl (C=O) groups excluding carboxylic acids is 2. The second kappa shape index (κ2) is 6.88. The van der Waals surface area contributed by atoms with Gasteiger partial charge in [0.05, 0.1) is 11.4 Å². The number of thioether (sulfide) groups is 1. The zero-order chi connectivity index (χ0) is 14.5. The van der Waals surface area contributed by atoms with Gasteiger partial charge in [-0.05, 0) is 12.1 Å². The third-order valence-electron chi connectivity index (χ3n) is 2.30. The van der Waals surface area contributed by atoms with E-state index in [1.165, 1.54) is 18.3 Å². The van der Waals surface area contributed by atoms with Crippen molar-refractivity contribution in [3.63, 3.8) is 0 Å². The Morgan fingerprint density at radius 2 is 2.05 bits per heavy atom. The molecule has 1 aromatic heterocycles. The van der Waals surface area contributed by atoms with Gasteiger partial charge in [-0.3, -0.25) is 9.59 Å². The SMILES string of the molecule is CC(=O)SCC(=O)Nc1nc(-c2ccc(Cl)cc2)cs1. The van der Waals surface area contributed by atoms with Crippen molar-refractivity contribution < 1.29 is 9.59 Å². The minimum Gasteiger partial charge on any atom is -0.301 e. The number of hydrogen-bond acceptors (Lipinski definition) is 5. The molecule has 0 saturated carbocycles. The summed E-state index contributed by atoms with van der Waals surface area (Å²) in [7, 11) is 0. The Balaban J connectivity index is 2.00. The van der Waals surface area contributed by atoms with Crippen LogP contribution in [0.4, 0.5) is 5.13 Å². The van der Waals surface area contributed by atoms with E-state index in [0.717, 1.165) is 23.0 Å². The van der Waals surface area contributed by atoms with Crippen LogP contribution < -0.4 is 5.32 Å². The van der Waals surface area contributed by atoms with Crippen LogP contribution in [0.2, 0.25) is 5.02 Å². The fraction of sp³-hybridized carbons (Fsp3) is 0.154. The predicted molar refractivity (Wildman–Crippen MR) is 84.3 cm³/mol. The first-order valence-electron chi connectivity index (χ1n) is 5.69. The number of halogens is 1. The molecule has 4 nitrogen and oxygen atoms in total. The first kappa shape index (κ1) is 15.0. The van der Waals surface area contributed by atoms with Crippen LogP contribution in [-0.2, 0) is 9.59 Å². The minimum atomic E-state index is -0.234. The normalized spacial score (nSPS) is 10.3. The standard InChI is InChI=1S/C13H11ClN2O2S2/c1-8(17)19-7-12(18)16-13-15-11(6-20-13)9-2-4-10(14)5-3-9/h2-6H,7H2,1H3,(H,15,16,18). The highest BCUT2D eigenvalue weighted by atomic mass is 35.5. The monoisotopic (exact) mass is 326 g/mol. The second-order valence-electron chi connectivity index (χ2n) is 3.87. The Kier molecular flexibility index (Phi) is 5.17. The van der Waals surface area contributed by atoms with E-state index in [4.69, 9.17) is 11.6 Å². The summed E-state index contributed by atoms with van der Waals surface area (Å²) in [6, 6.07) is 7.32. The molecule has 0 aliphatic heterocycles. The fourth-order valence-corrected chi connectivity index (χ4v) is 2.68. The molecule has 0 aliphatic rings. The average Bonchev–Trinajstić information content (AvgIpc) is 2.85. The van der Waals surface area contributed by atoms with Crippen molar-refractivity contribution in [1.29, 1.82) is 0 Å². The van der Waals surface area contributed by atoms with Gasteiger partial charge in [-0.25, -0.2) is 4.98 Å². The molecule has 1 amide bonds. The van der Waals surface area contributed by atoms with E-state index in [0.29, 0.717) is 10.2 Å². The summed E-state index contributed by atoms with van der Waals surface area (Å²) in [4.78, 5) is 26.7. The molecule has 2 aromatic rings. The molecule has 0 aliphatic carbocycles. The van der Waals surface area contributed by atoms with Gasteiger partial charge in [0, 0.05) is 22.9 Å². The Morgan fingerprint density at radius 3 is 2.70 bits per heavy atom. The largest absolute Gasteiger partial charge is 0.301 e. The zero-order valence-corrected chi connectivity index (χ0v) is 12.9. The van der Waals surface area contributed by atoms with Crippen molar-refractivity contribution in [2.75, 3.05) is 11.1 Å². The second-order valence-corrected chi connectivity index (χ2v) is 6.32. The molecule has 0 fully saturated rings. The lowest BCUT2D eigenvalue weighted by Crippen LogP contribution is -2.14. The van der Waals surface area contributed by atoms with Crippen molar-refractivity contribution in [2.24, 2.45) is 0 Å². The lowest BCUT2D eigenvalue weighted by Gasteiger charge is -1.99. The van der Waals surface area contributed by atoms with Crippen LogP contribution in [0.5, 0.6) is 0 Å². The van der Waals surface area contributed by atoms with Gasteiger partial charge in [0.1, 0.15) is 0 Å². The van der Waals surface area contributed by atoms with Crippen molar-refractivity contribution in [3.8, 4) is 11.3 Å². The van der Waals surface area contributed by atoms with Crippen LogP contribution in [-0.4, -0.2) is 21.8 Å². The summed E-state index contributed by atoms with van der Waals surface area (Å²) in [6.45, 7) is 1.43. The lowest BCUT2D eigenvalue weighted by atomic mass is 10.2. The molecule has 0 unspecified atom stereocenters. The molecule has 0 saturated heterocycles. The third kappa shape index (κ3) is 4.33. The van der Waals surface area contributed by atoms with Gasteiger partial charge < -0.3 is 5.32 Å². The number of hydrogen-bond donors (Lipinski definition) is 1. The Hall–Kier alpha value is -1.37. The maximum absolute atomic E-state index is 11.6. The fourth-order valence-electron chi connectivity index (χ4n) is 1.41. The van der Waals surface area contributed by atoms with E-state index in [2.05, 4.69) is 10.3 Å². The molecule has 2 rings (SSSR count). The molecular weight excluding hydrogens is 316 g/mol. The van der Waals surface area contributed by atoms with Gasteiger partial charge in [-0.2, -0.15) is 0 Å². The first-order chi connectivity index (χ1) is 9.54. The van der Waals surface area contributed by atoms with E-state index in [-0.39, 0.29) is 16.8 Å². The molecule has 0 bridgehead atoms. The van der Waals surface area contributed by atoms with Gasteiger partial charge in [0.15, 0.2) is 10.2 Å². The number of aromatic nitrogens is 1. The topological polar surface area (TPSA) is 59.1 Å². The summed E-state index contributed by atoms with van der Waals surface area (Å²) in [5.41, 5.74) is 1.71. The van der Waals surface area contributed by atoms with E-state index in [1.807, 2.05) is 17.5 Å². The predicted octanol–water partition coefficient (Wildman–Crippen LogP) is 3.68. The van der Waals surface area contributed by atoms with Crippen molar-refractivity contribution in [2.45, 2.75) is 6.92 Å². The molecule has 0 atom stereocenters. The van der Waals surface area contributed by atoms with E-state index in [9.17, 15) is 9.59 Å². The third-order valence-corrected chi connectivity index (χ3v) is 4.12. The first-order valence-corrected chi connectivity index (χ1v) is 7.93. The van der Waals surface area contributed by atoms with Crippen molar-refractivity contribution in [1.82, 2.24) is 4.98 Å². The summed E-state index contributed by atoms with van der Waals surface area (Å²) in [5, 5.41) is 5.63. The molecule has 20 heavy (non-hydrogen) atoms. The number of nitrogens with zero attached hydrogens (tertiary/aromatic N) is 1. The van der Waals surface area contributed by atoms with Gasteiger partial charge in [0.2, 0.25) is 5.91 Å². The van der Waals surface area contributed by atoms with Gasteiger partial charge >= 0.3 is 0 Å². The average molecular weight is 327 g/mol. The van der Waals surface area contributed by atoms with Crippen molar-refractivity contribution >= 4 is 50.9 Å². The summed E-state index contributed by atoms with van der Waals surface area (Å²) in [6.07, 6.45) is 0. The lowest BCUT2D eigenvalue weighted by molar-refractivity contribution is -0.114. The highest BCUT2D eigenvalue weighted by Crippen LogP contribution is 2.26. The van der Waals surface area contributed by atoms with Crippen LogP contribution in [0.25, 0.3) is 11.3 Å².